The predicted molar refractivity (Wildman–Crippen MR) is 137 cm³/mol. The number of hydrogen-bond donors (Lipinski definition) is 1. The van der Waals surface area contributed by atoms with Crippen molar-refractivity contribution in [3.05, 3.63) is 71.9 Å². The topological polar surface area (TPSA) is 59.4 Å². The molecule has 0 saturated heterocycles. The molecule has 34 heavy (non-hydrogen) atoms. The van der Waals surface area contributed by atoms with Crippen LogP contribution in [0, 0.1) is 0 Å². The summed E-state index contributed by atoms with van der Waals surface area (Å²) >= 11 is 0. The van der Waals surface area contributed by atoms with Crippen LogP contribution in [0.4, 0.5) is 0 Å². The summed E-state index contributed by atoms with van der Waals surface area (Å²) in [5, 5.41) is 10.9. The van der Waals surface area contributed by atoms with Gasteiger partial charge in [0, 0.05) is 10.8 Å². The Balaban J connectivity index is 1.47. The number of hydrogen-bond acceptors (Lipinski definition) is 3. The first-order valence-electron chi connectivity index (χ1n) is 12.9. The van der Waals surface area contributed by atoms with E-state index in [1.807, 2.05) is 36.4 Å². The average molecular weight is 460 g/mol. The Morgan fingerprint density at radius 2 is 1.41 bits per heavy atom. The number of carboxylic acids is 1. The molecule has 1 heterocycles. The minimum atomic E-state index is -0.699. The van der Waals surface area contributed by atoms with Crippen molar-refractivity contribution in [1.29, 1.82) is 0 Å². The van der Waals surface area contributed by atoms with E-state index in [4.69, 9.17) is 4.74 Å². The molecule has 1 aromatic heterocycles. The highest BCUT2D eigenvalue weighted by Gasteiger charge is 2.34. The van der Waals surface area contributed by atoms with E-state index in [0.717, 1.165) is 53.6 Å². The minimum absolute atomic E-state index is 0.203. The number of benzene rings is 2. The molecule has 0 amide bonds. The normalized spacial score (nSPS) is 17.4. The molecule has 1 fully saturated rings. The van der Waals surface area contributed by atoms with E-state index < -0.39 is 5.97 Å². The number of carboxylic acid groups (broad SMARTS) is 1. The van der Waals surface area contributed by atoms with Crippen molar-refractivity contribution >= 4 is 16.9 Å². The molecule has 0 spiro atoms. The molecule has 4 heteroatoms. The molecule has 0 atom stereocenters. The van der Waals surface area contributed by atoms with Crippen molar-refractivity contribution < 1.29 is 14.6 Å². The average Bonchev–Trinajstić information content (AvgIpc) is 2.84. The first-order valence-corrected chi connectivity index (χ1v) is 12.9. The number of aliphatic carboxylic acids is 1. The van der Waals surface area contributed by atoms with Crippen molar-refractivity contribution in [3.8, 4) is 5.75 Å². The quantitative estimate of drug-likeness (QED) is 0.408. The van der Waals surface area contributed by atoms with Crippen molar-refractivity contribution in [2.24, 2.45) is 0 Å². The van der Waals surface area contributed by atoms with E-state index in [1.54, 1.807) is 0 Å². The van der Waals surface area contributed by atoms with E-state index in [9.17, 15) is 9.90 Å². The molecule has 4 nitrogen and oxygen atoms in total. The van der Waals surface area contributed by atoms with Gasteiger partial charge in [0.1, 0.15) is 12.4 Å². The smallest absolute Gasteiger partial charge is 0.304 e. The molecular weight excluding hydrogens is 422 g/mol. The molecule has 2 aromatic carbocycles. The van der Waals surface area contributed by atoms with Gasteiger partial charge in [-0.1, -0.05) is 94.2 Å². The highest BCUT2D eigenvalue weighted by molar-refractivity contribution is 5.78. The van der Waals surface area contributed by atoms with Crippen molar-refractivity contribution in [3.63, 3.8) is 0 Å². The predicted octanol–water partition coefficient (Wildman–Crippen LogP) is 7.83. The number of ether oxygens (including phenoxy) is 1. The summed E-state index contributed by atoms with van der Waals surface area (Å²) in [6.45, 7) is 0.407. The number of nitrogens with zero attached hydrogens (tertiary/aromatic N) is 1. The Morgan fingerprint density at radius 3 is 2.06 bits per heavy atom. The van der Waals surface area contributed by atoms with Crippen molar-refractivity contribution in [2.75, 3.05) is 0 Å². The zero-order chi connectivity index (χ0) is 23.6. The Hall–Kier alpha value is -2.88. The van der Waals surface area contributed by atoms with E-state index in [2.05, 4.69) is 29.2 Å². The van der Waals surface area contributed by atoms with Gasteiger partial charge in [0.2, 0.25) is 0 Å². The summed E-state index contributed by atoms with van der Waals surface area (Å²) < 4.78 is 6.03. The molecule has 3 aromatic rings. The lowest BCUT2D eigenvalue weighted by Crippen LogP contribution is -2.30. The summed E-state index contributed by atoms with van der Waals surface area (Å²) in [7, 11) is 0. The van der Waals surface area contributed by atoms with Crippen LogP contribution in [0.25, 0.3) is 10.9 Å². The number of pyridine rings is 1. The van der Waals surface area contributed by atoms with Crippen molar-refractivity contribution in [2.45, 2.75) is 89.1 Å². The summed E-state index contributed by atoms with van der Waals surface area (Å²) in [6, 6.07) is 20.3. The molecule has 0 radical (unpaired) electrons. The Kier molecular flexibility index (Phi) is 8.56. The third-order valence-corrected chi connectivity index (χ3v) is 7.31. The molecule has 0 aliphatic heterocycles. The largest absolute Gasteiger partial charge is 0.487 e. The third kappa shape index (κ3) is 6.59. The van der Waals surface area contributed by atoms with Gasteiger partial charge in [-0.25, -0.2) is 4.98 Å². The van der Waals surface area contributed by atoms with Gasteiger partial charge >= 0.3 is 5.97 Å². The van der Waals surface area contributed by atoms with E-state index >= 15 is 0 Å². The van der Waals surface area contributed by atoms with Crippen LogP contribution in [0.5, 0.6) is 5.75 Å². The van der Waals surface area contributed by atoms with Crippen molar-refractivity contribution in [1.82, 2.24) is 4.98 Å². The van der Waals surface area contributed by atoms with Gasteiger partial charge in [-0.15, -0.1) is 0 Å². The van der Waals surface area contributed by atoms with Gasteiger partial charge in [-0.2, -0.15) is 0 Å². The first kappa shape index (κ1) is 24.3. The number of rotatable bonds is 6. The number of aromatic nitrogens is 1. The molecule has 1 saturated carbocycles. The molecule has 1 aliphatic rings. The summed E-state index contributed by atoms with van der Waals surface area (Å²) in [5.74, 6) is 0.0899. The van der Waals surface area contributed by atoms with Crippen LogP contribution in [-0.2, 0) is 16.8 Å². The third-order valence-electron chi connectivity index (χ3n) is 7.31. The maximum Gasteiger partial charge on any atom is 0.304 e. The van der Waals surface area contributed by atoms with Gasteiger partial charge in [-0.05, 0) is 42.7 Å². The van der Waals surface area contributed by atoms with Crippen LogP contribution in [0.15, 0.2) is 60.7 Å². The first-order chi connectivity index (χ1) is 16.6. The van der Waals surface area contributed by atoms with Crippen LogP contribution in [0.1, 0.15) is 88.3 Å². The van der Waals surface area contributed by atoms with Gasteiger partial charge in [0.15, 0.2) is 0 Å². The summed E-state index contributed by atoms with van der Waals surface area (Å²) in [4.78, 5) is 16.6. The van der Waals surface area contributed by atoms with Gasteiger partial charge in [0.25, 0.3) is 0 Å². The Bertz CT molecular complexity index is 1050. The molecule has 1 aliphatic carbocycles. The lowest BCUT2D eigenvalue weighted by molar-refractivity contribution is -0.138. The summed E-state index contributed by atoms with van der Waals surface area (Å²) in [5.41, 5.74) is 2.72. The lowest BCUT2D eigenvalue weighted by atomic mass is 9.70. The maximum atomic E-state index is 11.9. The van der Waals surface area contributed by atoms with Crippen LogP contribution in [0.3, 0.4) is 0 Å². The van der Waals surface area contributed by atoms with E-state index in [1.165, 1.54) is 44.9 Å². The van der Waals surface area contributed by atoms with Crippen LogP contribution >= 0.6 is 0 Å². The van der Waals surface area contributed by atoms with Gasteiger partial charge in [0.05, 0.1) is 17.6 Å². The van der Waals surface area contributed by atoms with Gasteiger partial charge in [-0.3, -0.25) is 4.79 Å². The fourth-order valence-corrected chi connectivity index (χ4v) is 5.40. The fraction of sp³-hybridized carbons (Fsp3) is 0.467. The number of para-hydroxylation sites is 1. The Labute approximate surface area is 203 Å². The number of carbonyl (C=O) groups is 1. The van der Waals surface area contributed by atoms with Crippen LogP contribution < -0.4 is 4.74 Å². The molecule has 4 rings (SSSR count). The molecule has 0 unspecified atom stereocenters. The monoisotopic (exact) mass is 459 g/mol. The molecule has 0 bridgehead atoms. The second-order valence-electron chi connectivity index (χ2n) is 9.84. The zero-order valence-electron chi connectivity index (χ0n) is 20.2. The van der Waals surface area contributed by atoms with Crippen LogP contribution in [0.2, 0.25) is 0 Å². The SMILES string of the molecule is O=C(O)CC1(c2ccc(OCc3ccc4ccccc4n3)cc2)CCCCCCCCCCC1. The summed E-state index contributed by atoms with van der Waals surface area (Å²) in [6.07, 6.45) is 13.2. The molecule has 1 N–H and O–H groups in total. The molecular formula is C30H37NO3. The van der Waals surface area contributed by atoms with Crippen LogP contribution in [-0.4, -0.2) is 16.1 Å². The molecule has 180 valence electrons. The second kappa shape index (κ2) is 12.0. The van der Waals surface area contributed by atoms with E-state index in [-0.39, 0.29) is 11.8 Å². The standard InChI is InChI=1S/C30H37NO3/c32-29(33)22-30(20-10-6-4-2-1-3-5-7-11-21-30)25-15-18-27(19-16-25)34-23-26-17-14-24-12-8-9-13-28(24)31-26/h8-9,12-19H,1-7,10-11,20-23H2,(H,32,33). The minimum Gasteiger partial charge on any atom is -0.487 e. The highest BCUT2D eigenvalue weighted by Crippen LogP contribution is 2.40. The fourth-order valence-electron chi connectivity index (χ4n) is 5.40. The lowest BCUT2D eigenvalue weighted by Gasteiger charge is -2.34. The van der Waals surface area contributed by atoms with Gasteiger partial charge < -0.3 is 9.84 Å². The highest BCUT2D eigenvalue weighted by atomic mass is 16.5. The maximum absolute atomic E-state index is 11.9. The zero-order valence-corrected chi connectivity index (χ0v) is 20.2. The second-order valence-corrected chi connectivity index (χ2v) is 9.84. The Morgan fingerprint density at radius 1 is 0.794 bits per heavy atom. The number of fused-ring (bicyclic) bond motifs is 1. The van der Waals surface area contributed by atoms with E-state index in [0.29, 0.717) is 6.61 Å².